The van der Waals surface area contributed by atoms with E-state index in [2.05, 4.69) is 208 Å². The molecule has 1 atom stereocenters. The largest absolute Gasteiger partial charge is 0.461 e. The number of aliphatic hydroxyl groups excluding tert-OH is 1. The summed E-state index contributed by atoms with van der Waals surface area (Å²) < 4.78 is 10.5. The van der Waals surface area contributed by atoms with E-state index in [9.17, 15) is 14.7 Å². The van der Waals surface area contributed by atoms with Crippen molar-refractivity contribution in [3.63, 3.8) is 0 Å². The first kappa shape index (κ1) is 64.5. The summed E-state index contributed by atoms with van der Waals surface area (Å²) >= 11 is 0. The monoisotopic (exact) mass is 955 g/mol. The molecule has 0 aliphatic carbocycles. The summed E-state index contributed by atoms with van der Waals surface area (Å²) in [6.45, 7) is 3.77. The van der Waals surface area contributed by atoms with E-state index in [0.717, 1.165) is 141 Å². The number of hydrogen-bond donors (Lipinski definition) is 1. The van der Waals surface area contributed by atoms with Crippen molar-refractivity contribution in [2.75, 3.05) is 13.2 Å². The quantitative estimate of drug-likeness (QED) is 0.0374. The van der Waals surface area contributed by atoms with Crippen LogP contribution in [-0.2, 0) is 19.1 Å². The summed E-state index contributed by atoms with van der Waals surface area (Å²) in [5, 5.41) is 9.59. The van der Waals surface area contributed by atoms with Crippen LogP contribution < -0.4 is 0 Å². The third kappa shape index (κ3) is 55.1. The summed E-state index contributed by atoms with van der Waals surface area (Å²) in [4.78, 5) is 24.3. The first-order chi connectivity index (χ1) is 34.6. The average molecular weight is 955 g/mol. The fourth-order valence-electron chi connectivity index (χ4n) is 6.19. The molecule has 0 heterocycles. The Morgan fingerprint density at radius 3 is 0.914 bits per heavy atom. The van der Waals surface area contributed by atoms with Crippen LogP contribution in [0.1, 0.15) is 168 Å². The molecule has 0 bridgehead atoms. The maximum absolute atomic E-state index is 12.2. The van der Waals surface area contributed by atoms with Gasteiger partial charge in [0.15, 0.2) is 6.10 Å². The van der Waals surface area contributed by atoms with Gasteiger partial charge in [-0.3, -0.25) is 9.59 Å². The van der Waals surface area contributed by atoms with E-state index in [1.54, 1.807) is 6.08 Å². The van der Waals surface area contributed by atoms with E-state index >= 15 is 0 Å². The van der Waals surface area contributed by atoms with Gasteiger partial charge in [-0.1, -0.05) is 233 Å². The van der Waals surface area contributed by atoms with Gasteiger partial charge in [-0.15, -0.1) is 0 Å². The van der Waals surface area contributed by atoms with Gasteiger partial charge in [-0.2, -0.15) is 0 Å². The number of carbonyl (C=O) groups is 2. The molecule has 0 amide bonds. The van der Waals surface area contributed by atoms with Gasteiger partial charge < -0.3 is 14.6 Å². The minimum absolute atomic E-state index is 0.133. The van der Waals surface area contributed by atoms with Crippen LogP contribution in [0.4, 0.5) is 0 Å². The lowest BCUT2D eigenvalue weighted by Gasteiger charge is -2.15. The molecule has 384 valence electrons. The van der Waals surface area contributed by atoms with Crippen molar-refractivity contribution >= 4 is 11.9 Å². The maximum atomic E-state index is 12.2. The van der Waals surface area contributed by atoms with E-state index < -0.39 is 12.1 Å². The number of aliphatic hydroxyl groups is 1. The van der Waals surface area contributed by atoms with Gasteiger partial charge in [0.1, 0.15) is 6.61 Å². The zero-order valence-electron chi connectivity index (χ0n) is 43.7. The standard InChI is InChI=1S/C65H94O5/c1-3-5-7-9-11-13-15-17-19-20-21-22-23-24-25-26-27-28-29-30-31-32-33-34-35-36-37-38-39-40-41-42-43-44-46-48-50-52-54-56-58-60-65(68)70-63(61-66)62-69-64(67)59-57-55-53-51-49-47-45-18-16-14-12-10-8-6-4-2/h5-8,11-14,17-19,21-22,24-25,27-28,30-31,33-34,36-37,39-40,42-43,45-46,48-49,51,55,57,63,66H,3-4,9-10,15-16,20,23,26,29,32,35,38,41,44,47,50,52-54,56,58-62H2,1-2H3/b7-5-,8-6-,13-11-,14-12-,19-17-,22-21-,25-24-,28-27-,31-30-,34-33-,37-36-,40-39-,43-42-,45-18-,48-46-,51-49-,57-55-. The van der Waals surface area contributed by atoms with Crippen molar-refractivity contribution in [2.24, 2.45) is 0 Å². The molecule has 0 aliphatic heterocycles. The van der Waals surface area contributed by atoms with E-state index in [0.29, 0.717) is 6.42 Å². The van der Waals surface area contributed by atoms with Crippen molar-refractivity contribution in [3.8, 4) is 0 Å². The van der Waals surface area contributed by atoms with E-state index in [4.69, 9.17) is 9.47 Å². The van der Waals surface area contributed by atoms with Crippen molar-refractivity contribution in [3.05, 3.63) is 207 Å². The number of ether oxygens (including phenoxy) is 2. The smallest absolute Gasteiger partial charge is 0.309 e. The second kappa shape index (κ2) is 57.8. The number of unbranched alkanes of at least 4 members (excludes halogenated alkanes) is 4. The average Bonchev–Trinajstić information content (AvgIpc) is 3.36. The van der Waals surface area contributed by atoms with Crippen molar-refractivity contribution in [1.29, 1.82) is 0 Å². The topological polar surface area (TPSA) is 72.8 Å². The maximum Gasteiger partial charge on any atom is 0.309 e. The second-order valence-electron chi connectivity index (χ2n) is 16.5. The number of carbonyl (C=O) groups excluding carboxylic acids is 2. The minimum atomic E-state index is -0.842. The summed E-state index contributed by atoms with van der Waals surface area (Å²) in [6, 6.07) is 0. The molecule has 5 nitrogen and oxygen atoms in total. The molecule has 0 aliphatic rings. The fraction of sp³-hybridized carbons (Fsp3) is 0.446. The Morgan fingerprint density at radius 2 is 0.614 bits per heavy atom. The molecular weight excluding hydrogens is 861 g/mol. The van der Waals surface area contributed by atoms with Crippen LogP contribution in [0.2, 0.25) is 0 Å². The summed E-state index contributed by atoms with van der Waals surface area (Å²) in [6.07, 6.45) is 95.2. The highest BCUT2D eigenvalue weighted by molar-refractivity contribution is 5.71. The van der Waals surface area contributed by atoms with Gasteiger partial charge in [0.25, 0.3) is 0 Å². The van der Waals surface area contributed by atoms with Crippen LogP contribution in [0.25, 0.3) is 0 Å². The fourth-order valence-corrected chi connectivity index (χ4v) is 6.19. The molecule has 0 aromatic carbocycles. The predicted octanol–water partition coefficient (Wildman–Crippen LogP) is 18.3. The minimum Gasteiger partial charge on any atom is -0.461 e. The van der Waals surface area contributed by atoms with Gasteiger partial charge in [-0.25, -0.2) is 0 Å². The Morgan fingerprint density at radius 1 is 0.343 bits per heavy atom. The Balaban J connectivity index is 3.76. The highest BCUT2D eigenvalue weighted by Gasteiger charge is 2.15. The van der Waals surface area contributed by atoms with Gasteiger partial charge >= 0.3 is 11.9 Å². The van der Waals surface area contributed by atoms with Crippen molar-refractivity contribution in [2.45, 2.75) is 174 Å². The molecule has 0 spiro atoms. The zero-order valence-corrected chi connectivity index (χ0v) is 43.7. The Bertz CT molecular complexity index is 1740. The summed E-state index contributed by atoms with van der Waals surface area (Å²) in [5.41, 5.74) is 0. The molecule has 70 heavy (non-hydrogen) atoms. The van der Waals surface area contributed by atoms with Crippen LogP contribution in [0.3, 0.4) is 0 Å². The molecule has 1 unspecified atom stereocenters. The normalized spacial score (nSPS) is 13.9. The highest BCUT2D eigenvalue weighted by atomic mass is 16.6. The van der Waals surface area contributed by atoms with Crippen LogP contribution in [-0.4, -0.2) is 36.4 Å². The first-order valence-corrected chi connectivity index (χ1v) is 26.6. The van der Waals surface area contributed by atoms with Crippen molar-refractivity contribution < 1.29 is 24.2 Å². The van der Waals surface area contributed by atoms with E-state index in [1.807, 2.05) is 6.08 Å². The van der Waals surface area contributed by atoms with Crippen LogP contribution in [0.15, 0.2) is 207 Å². The predicted molar refractivity (Wildman–Crippen MR) is 305 cm³/mol. The lowest BCUT2D eigenvalue weighted by atomic mass is 10.1. The molecule has 1 N–H and O–H groups in total. The molecule has 0 aromatic heterocycles. The van der Waals surface area contributed by atoms with Gasteiger partial charge in [0, 0.05) is 6.42 Å². The first-order valence-electron chi connectivity index (χ1n) is 26.6. The Hall–Kier alpha value is -5.52. The third-order valence-electron chi connectivity index (χ3n) is 10.1. The zero-order chi connectivity index (χ0) is 50.6. The molecule has 0 saturated heterocycles. The lowest BCUT2D eigenvalue weighted by molar-refractivity contribution is -0.161. The molecule has 0 radical (unpaired) electrons. The van der Waals surface area contributed by atoms with Crippen LogP contribution in [0.5, 0.6) is 0 Å². The lowest BCUT2D eigenvalue weighted by Crippen LogP contribution is -2.28. The van der Waals surface area contributed by atoms with Crippen LogP contribution >= 0.6 is 0 Å². The number of rotatable bonds is 45. The Labute approximate surface area is 428 Å². The van der Waals surface area contributed by atoms with Gasteiger partial charge in [0.2, 0.25) is 0 Å². The third-order valence-corrected chi connectivity index (χ3v) is 10.1. The molecule has 0 saturated carbocycles. The highest BCUT2D eigenvalue weighted by Crippen LogP contribution is 2.09. The molecule has 0 rings (SSSR count). The van der Waals surface area contributed by atoms with E-state index in [-0.39, 0.29) is 25.6 Å². The number of allylic oxidation sites excluding steroid dienone is 33. The van der Waals surface area contributed by atoms with Crippen molar-refractivity contribution in [1.82, 2.24) is 0 Å². The summed E-state index contributed by atoms with van der Waals surface area (Å²) in [7, 11) is 0. The molecule has 5 heteroatoms. The molecule has 0 fully saturated rings. The number of hydrogen-bond acceptors (Lipinski definition) is 5. The summed E-state index contributed by atoms with van der Waals surface area (Å²) in [5.74, 6) is -0.789. The Kier molecular flexibility index (Phi) is 53.2. The van der Waals surface area contributed by atoms with Crippen LogP contribution in [0, 0.1) is 0 Å². The van der Waals surface area contributed by atoms with E-state index in [1.165, 1.54) is 0 Å². The molecular formula is C65H94O5. The van der Waals surface area contributed by atoms with Gasteiger partial charge in [-0.05, 0) is 128 Å². The SMILES string of the molecule is CC/C=C\C/C=C\C/C=C\C/C=C\C/C=C\C/C=C\C/C=C\C/C=C\C/C=C\C/C=C\C/C=C\C/C=C\CCCCCCC(=O)OC(CO)COC(=O)C/C=C\C/C=C\C/C=C\C/C=C\C/C=C\CC. The number of esters is 2. The molecule has 0 aromatic rings. The van der Waals surface area contributed by atoms with Gasteiger partial charge in [0.05, 0.1) is 13.0 Å². The second-order valence-corrected chi connectivity index (χ2v) is 16.5.